The van der Waals surface area contributed by atoms with Crippen molar-refractivity contribution in [3.8, 4) is 5.69 Å². The molecule has 1 aliphatic carbocycles. The predicted molar refractivity (Wildman–Crippen MR) is 93.7 cm³/mol. The summed E-state index contributed by atoms with van der Waals surface area (Å²) >= 11 is 0. The normalized spacial score (nSPS) is 18.4. The first-order valence-electron chi connectivity index (χ1n) is 8.48. The third-order valence-electron chi connectivity index (χ3n) is 5.29. The molecule has 1 amide bonds. The molecule has 4 rings (SSSR count). The van der Waals surface area contributed by atoms with E-state index in [-0.39, 0.29) is 12.8 Å². The second-order valence-electron chi connectivity index (χ2n) is 6.80. The van der Waals surface area contributed by atoms with Crippen LogP contribution in [0.4, 0.5) is 8.78 Å². The molecule has 0 fully saturated rings. The van der Waals surface area contributed by atoms with E-state index in [1.165, 1.54) is 18.2 Å². The highest BCUT2D eigenvalue weighted by Gasteiger charge is 2.48. The van der Waals surface area contributed by atoms with Gasteiger partial charge in [-0.15, -0.1) is 0 Å². The minimum atomic E-state index is -1.16. The van der Waals surface area contributed by atoms with Gasteiger partial charge in [0.05, 0.1) is 17.3 Å². The number of benzene rings is 2. The van der Waals surface area contributed by atoms with Crippen molar-refractivity contribution in [2.45, 2.75) is 25.2 Å². The molecule has 7 heteroatoms. The zero-order valence-electron chi connectivity index (χ0n) is 14.5. The maximum Gasteiger partial charge on any atom is 0.254 e. The molecule has 0 spiro atoms. The van der Waals surface area contributed by atoms with Crippen LogP contribution in [0.3, 0.4) is 0 Å². The predicted octanol–water partition coefficient (Wildman–Crippen LogP) is 3.00. The minimum absolute atomic E-state index is 0.204. The Hall–Kier alpha value is -3.06. The molecule has 0 unspecified atom stereocenters. The van der Waals surface area contributed by atoms with Gasteiger partial charge < -0.3 is 0 Å². The number of aromatic nitrogens is 2. The molecule has 2 N–H and O–H groups in total. The van der Waals surface area contributed by atoms with Crippen LogP contribution in [-0.2, 0) is 23.1 Å². The summed E-state index contributed by atoms with van der Waals surface area (Å²) in [5.41, 5.74) is 3.50. The third-order valence-corrected chi connectivity index (χ3v) is 5.29. The largest absolute Gasteiger partial charge is 0.289 e. The Balaban J connectivity index is 1.85. The molecular weight excluding hydrogens is 352 g/mol. The molecule has 0 bridgehead atoms. The Bertz CT molecular complexity index is 1050. The van der Waals surface area contributed by atoms with Crippen molar-refractivity contribution in [3.63, 3.8) is 0 Å². The lowest BCUT2D eigenvalue weighted by atomic mass is 9.75. The van der Waals surface area contributed by atoms with E-state index in [2.05, 4.69) is 5.10 Å². The Morgan fingerprint density at radius 3 is 2.74 bits per heavy atom. The van der Waals surface area contributed by atoms with Crippen molar-refractivity contribution in [1.82, 2.24) is 15.3 Å². The molecular formula is C20H17F2N3O2. The molecule has 5 nitrogen and oxygen atoms in total. The lowest BCUT2D eigenvalue weighted by Crippen LogP contribution is -2.45. The van der Waals surface area contributed by atoms with E-state index in [9.17, 15) is 18.8 Å². The Labute approximate surface area is 154 Å². The van der Waals surface area contributed by atoms with Crippen molar-refractivity contribution in [2.75, 3.05) is 0 Å². The number of nitrogens with zero attached hydrogens (tertiary/aromatic N) is 2. The zero-order chi connectivity index (χ0) is 19.2. The van der Waals surface area contributed by atoms with Gasteiger partial charge in [0, 0.05) is 12.1 Å². The molecule has 0 aliphatic heterocycles. The van der Waals surface area contributed by atoms with Gasteiger partial charge >= 0.3 is 0 Å². The van der Waals surface area contributed by atoms with Crippen molar-refractivity contribution >= 4 is 5.91 Å². The van der Waals surface area contributed by atoms with Crippen LogP contribution >= 0.6 is 0 Å². The standard InChI is InChI=1S/C20H17F2N3O2/c1-12-16(6-3-7-17(12)22)20(19(26)24-27)9-13-11-23-25(18(13)10-20)15-5-2-4-14(21)8-15/h2-8,11,27H,9-10H2,1H3,(H,24,26)/t20-/m0/s1. The fourth-order valence-electron chi connectivity index (χ4n) is 3.95. The van der Waals surface area contributed by atoms with Gasteiger partial charge in [0.25, 0.3) is 5.91 Å². The van der Waals surface area contributed by atoms with Crippen LogP contribution in [0.1, 0.15) is 22.4 Å². The summed E-state index contributed by atoms with van der Waals surface area (Å²) in [5.74, 6) is -1.42. The molecule has 138 valence electrons. The first-order chi connectivity index (χ1) is 13.0. The zero-order valence-corrected chi connectivity index (χ0v) is 14.5. The van der Waals surface area contributed by atoms with E-state index >= 15 is 0 Å². The van der Waals surface area contributed by atoms with Crippen LogP contribution in [0.5, 0.6) is 0 Å². The van der Waals surface area contributed by atoms with E-state index in [1.807, 2.05) is 0 Å². The summed E-state index contributed by atoms with van der Waals surface area (Å²) in [6, 6.07) is 10.6. The third kappa shape index (κ3) is 2.62. The number of hydrogen-bond donors (Lipinski definition) is 2. The lowest BCUT2D eigenvalue weighted by Gasteiger charge is -2.29. The molecule has 0 saturated heterocycles. The smallest absolute Gasteiger partial charge is 0.254 e. The molecule has 27 heavy (non-hydrogen) atoms. The minimum Gasteiger partial charge on any atom is -0.289 e. The first kappa shape index (κ1) is 17.4. The number of hydrogen-bond acceptors (Lipinski definition) is 3. The van der Waals surface area contributed by atoms with E-state index in [1.54, 1.807) is 47.5 Å². The Morgan fingerprint density at radius 1 is 1.22 bits per heavy atom. The second kappa shape index (κ2) is 6.28. The average Bonchev–Trinajstić information content (AvgIpc) is 3.21. The molecule has 1 aliphatic rings. The first-order valence-corrected chi connectivity index (χ1v) is 8.48. The van der Waals surface area contributed by atoms with Crippen molar-refractivity contribution in [2.24, 2.45) is 0 Å². The van der Waals surface area contributed by atoms with Crippen molar-refractivity contribution in [1.29, 1.82) is 0 Å². The van der Waals surface area contributed by atoms with E-state index in [4.69, 9.17) is 0 Å². The average molecular weight is 369 g/mol. The molecule has 2 aromatic carbocycles. The van der Waals surface area contributed by atoms with Crippen molar-refractivity contribution in [3.05, 3.63) is 82.7 Å². The number of halogens is 2. The maximum absolute atomic E-state index is 14.2. The van der Waals surface area contributed by atoms with Gasteiger partial charge in [-0.05, 0) is 54.3 Å². The molecule has 1 heterocycles. The Kier molecular flexibility index (Phi) is 4.04. The van der Waals surface area contributed by atoms with E-state index in [0.717, 1.165) is 11.3 Å². The summed E-state index contributed by atoms with van der Waals surface area (Å²) in [7, 11) is 0. The number of amides is 1. The van der Waals surface area contributed by atoms with Gasteiger partial charge in [-0.1, -0.05) is 18.2 Å². The molecule has 1 aromatic heterocycles. The van der Waals surface area contributed by atoms with E-state index < -0.39 is 23.0 Å². The van der Waals surface area contributed by atoms with Crippen LogP contribution in [-0.4, -0.2) is 20.9 Å². The lowest BCUT2D eigenvalue weighted by molar-refractivity contribution is -0.135. The summed E-state index contributed by atoms with van der Waals surface area (Å²) in [4.78, 5) is 12.7. The number of rotatable bonds is 3. The highest BCUT2D eigenvalue weighted by molar-refractivity contribution is 5.89. The van der Waals surface area contributed by atoms with E-state index in [0.29, 0.717) is 16.8 Å². The fraction of sp³-hybridized carbons (Fsp3) is 0.200. The number of carbonyl (C=O) groups is 1. The molecule has 0 saturated carbocycles. The fourth-order valence-corrected chi connectivity index (χ4v) is 3.95. The van der Waals surface area contributed by atoms with Crippen LogP contribution < -0.4 is 5.48 Å². The highest BCUT2D eigenvalue weighted by atomic mass is 19.1. The SMILES string of the molecule is Cc1c(F)cccc1[C@]1(C(=O)NO)Cc2cnn(-c3cccc(F)c3)c2C1. The van der Waals surface area contributed by atoms with Crippen molar-refractivity contribution < 1.29 is 18.8 Å². The molecule has 1 atom stereocenters. The summed E-state index contributed by atoms with van der Waals surface area (Å²) in [6.07, 6.45) is 2.09. The summed E-state index contributed by atoms with van der Waals surface area (Å²) < 4.78 is 29.4. The number of carbonyl (C=O) groups excluding carboxylic acids is 1. The number of nitrogens with one attached hydrogen (secondary N) is 1. The van der Waals surface area contributed by atoms with Gasteiger partial charge in [-0.2, -0.15) is 5.10 Å². The second-order valence-corrected chi connectivity index (χ2v) is 6.80. The number of fused-ring (bicyclic) bond motifs is 1. The van der Waals surface area contributed by atoms with Gasteiger partial charge in [-0.3, -0.25) is 10.0 Å². The summed E-state index contributed by atoms with van der Waals surface area (Å²) in [5, 5.41) is 13.7. The van der Waals surface area contributed by atoms with Gasteiger partial charge in [0.1, 0.15) is 11.6 Å². The van der Waals surface area contributed by atoms with Crippen LogP contribution in [0.25, 0.3) is 5.69 Å². The molecule has 0 radical (unpaired) electrons. The van der Waals surface area contributed by atoms with Crippen LogP contribution in [0, 0.1) is 18.6 Å². The van der Waals surface area contributed by atoms with Crippen LogP contribution in [0.2, 0.25) is 0 Å². The summed E-state index contributed by atoms with van der Waals surface area (Å²) in [6.45, 7) is 1.61. The highest BCUT2D eigenvalue weighted by Crippen LogP contribution is 2.42. The quantitative estimate of drug-likeness (QED) is 0.551. The topological polar surface area (TPSA) is 67.2 Å². The van der Waals surface area contributed by atoms with Gasteiger partial charge in [0.15, 0.2) is 0 Å². The van der Waals surface area contributed by atoms with Gasteiger partial charge in [-0.25, -0.2) is 18.9 Å². The van der Waals surface area contributed by atoms with Gasteiger partial charge in [0.2, 0.25) is 0 Å². The monoisotopic (exact) mass is 369 g/mol. The maximum atomic E-state index is 14.2. The Morgan fingerprint density at radius 2 is 2.00 bits per heavy atom. The number of hydroxylamine groups is 1. The van der Waals surface area contributed by atoms with Crippen LogP contribution in [0.15, 0.2) is 48.7 Å². The molecule has 3 aromatic rings.